The highest BCUT2D eigenvalue weighted by Gasteiger charge is 2.43. The number of aliphatic hydroxyl groups excluding tert-OH is 3. The number of carbonyl (C=O) groups is 15. The van der Waals surface area contributed by atoms with Gasteiger partial charge in [-0.3, -0.25) is 52.7 Å². The molecule has 3 aromatic rings. The van der Waals surface area contributed by atoms with Crippen molar-refractivity contribution in [3.63, 3.8) is 0 Å². The fourth-order valence-corrected chi connectivity index (χ4v) is 11.5. The van der Waals surface area contributed by atoms with E-state index in [9.17, 15) is 73.2 Å². The number of nitrogens with two attached hydrogens (primary N) is 1. The second kappa shape index (κ2) is 47.7. The van der Waals surface area contributed by atoms with Crippen LogP contribution in [0.15, 0.2) is 91.0 Å². The lowest BCUT2D eigenvalue weighted by atomic mass is 9.86. The highest BCUT2D eigenvalue weighted by molar-refractivity contribution is 6.00. The summed E-state index contributed by atoms with van der Waals surface area (Å²) in [4.78, 5) is 209. The van der Waals surface area contributed by atoms with E-state index in [1.807, 2.05) is 26.1 Å². The standard InChI is InChI=1S/C80H122N14O22/c1-17-46(6)59(71(106)91-60(47(7)96)70(105)83-40-58(98)84-53(37-57(81)97)67(102)88-56(41-95)74(109)110)90-65(100)51(34-27-35-82-75(111)114-42-48-28-21-18-22-29-48)85-66(101)52(36-44(2)3)86-73(108)63(64(99)45(4)5)93-72(107)62(61(50-32-25-20-26-33-50)94-77(113)116-80(14,15)16)92-69(104)54(38-78(8,9)10)87-68(103)55(39-79(11,12)13)89-76(112)115-43-49-30-23-19-24-31-49/h18-26,28-33,44-47,51-56,59-64,95-96,99H,17,27,34-43H2,1-16H3,(H2,81,97)(H,82,111)(H,83,105)(H,84,98)(H,85,101)(H,86,108)(H,87,103)(H,88,102)(H,89,112)(H,90,100)(H,91,106)(H,92,104)(H,93,107)(H,94,113)(H,109,110)/t46-,47-,51+,52-,53-,54-,55+,56-,59?,60-,61+,62-,63-,64+/m0/s1. The first-order valence-corrected chi connectivity index (χ1v) is 38.6. The van der Waals surface area contributed by atoms with Crippen molar-refractivity contribution in [3.05, 3.63) is 108 Å². The number of primary amides is 1. The maximum Gasteiger partial charge on any atom is 0.408 e. The largest absolute Gasteiger partial charge is 0.480 e. The zero-order valence-electron chi connectivity index (χ0n) is 69.1. The number of ether oxygens (including phenoxy) is 3. The first-order valence-electron chi connectivity index (χ1n) is 38.6. The fourth-order valence-electron chi connectivity index (χ4n) is 11.5. The van der Waals surface area contributed by atoms with Gasteiger partial charge in [-0.1, -0.05) is 181 Å². The molecule has 3 rings (SSSR count). The first kappa shape index (κ1) is 99.2. The number of aliphatic hydroxyl groups is 3. The highest BCUT2D eigenvalue weighted by Crippen LogP contribution is 2.26. The van der Waals surface area contributed by atoms with Gasteiger partial charge in [-0.15, -0.1) is 0 Å². The zero-order valence-corrected chi connectivity index (χ0v) is 69.1. The Morgan fingerprint density at radius 1 is 0.457 bits per heavy atom. The predicted molar refractivity (Wildman–Crippen MR) is 424 cm³/mol. The third-order valence-corrected chi connectivity index (χ3v) is 17.7. The molecule has 19 N–H and O–H groups in total. The molecule has 14 atom stereocenters. The molecule has 0 heterocycles. The number of amides is 14. The Kier molecular flexibility index (Phi) is 40.8. The number of aliphatic carboxylic acids is 1. The molecular weight excluding hydrogens is 1510 g/mol. The Hall–Kier alpha value is -11.0. The first-order chi connectivity index (χ1) is 54.1. The minimum Gasteiger partial charge on any atom is -0.480 e. The van der Waals surface area contributed by atoms with Gasteiger partial charge in [0.2, 0.25) is 65.0 Å². The van der Waals surface area contributed by atoms with Crippen molar-refractivity contribution in [3.8, 4) is 0 Å². The minimum absolute atomic E-state index is 0.0507. The lowest BCUT2D eigenvalue weighted by Gasteiger charge is -2.34. The summed E-state index contributed by atoms with van der Waals surface area (Å²) >= 11 is 0. The Balaban J connectivity index is 2.15. The van der Waals surface area contributed by atoms with Crippen LogP contribution in [0.5, 0.6) is 0 Å². The Labute approximate surface area is 677 Å². The molecule has 3 aromatic carbocycles. The summed E-state index contributed by atoms with van der Waals surface area (Å²) < 4.78 is 16.5. The van der Waals surface area contributed by atoms with E-state index < -0.39 is 222 Å². The van der Waals surface area contributed by atoms with Gasteiger partial charge in [0.25, 0.3) is 0 Å². The molecule has 36 nitrogen and oxygen atoms in total. The van der Waals surface area contributed by atoms with E-state index in [2.05, 4.69) is 63.8 Å². The van der Waals surface area contributed by atoms with Crippen molar-refractivity contribution >= 4 is 89.2 Å². The maximum atomic E-state index is 15.6. The number of hydrogen-bond acceptors (Lipinski definition) is 21. The van der Waals surface area contributed by atoms with Gasteiger partial charge in [0, 0.05) is 6.54 Å². The summed E-state index contributed by atoms with van der Waals surface area (Å²) in [5.74, 6) is -15.7. The topological polar surface area (TPSA) is 547 Å². The van der Waals surface area contributed by atoms with Crippen molar-refractivity contribution < 1.29 is 107 Å². The summed E-state index contributed by atoms with van der Waals surface area (Å²) in [5, 5.41) is 74.2. The van der Waals surface area contributed by atoms with Crippen LogP contribution in [0, 0.1) is 28.6 Å². The molecule has 0 aliphatic carbocycles. The number of rotatable bonds is 45. The smallest absolute Gasteiger partial charge is 0.408 e. The average molecular weight is 1630 g/mol. The van der Waals surface area contributed by atoms with Gasteiger partial charge in [-0.25, -0.2) is 19.2 Å². The van der Waals surface area contributed by atoms with Gasteiger partial charge in [-0.05, 0) is 105 Å². The maximum absolute atomic E-state index is 15.6. The number of carboxylic acids is 1. The molecule has 0 saturated heterocycles. The SMILES string of the molecule is CC[C@H](C)C(NC(=O)[C@@H](CCCNC(=O)OCc1ccccc1)NC(=O)[C@H](CC(C)C)NC(=O)[C@@H](NC(=O)[C@@H](NC(=O)[C@H](CC(C)(C)C)NC(=O)[C@@H](CC(C)(C)C)NC(=O)OCc1ccccc1)[C@H](NC(=O)OC(C)(C)C)c1ccccc1)[C@H](O)C(C)C)C(=O)N[C@H](C(=O)NCC(=O)N[C@@H](CC(N)=O)C(=O)N[C@@H](CO)C(=O)O)[C@H](C)O. The van der Waals surface area contributed by atoms with E-state index in [0.29, 0.717) is 11.1 Å². The number of alkyl carbamates (subject to hydrolysis) is 3. The number of benzene rings is 3. The van der Waals surface area contributed by atoms with Crippen LogP contribution in [0.4, 0.5) is 14.4 Å². The summed E-state index contributed by atoms with van der Waals surface area (Å²) in [7, 11) is 0. The van der Waals surface area contributed by atoms with Crippen LogP contribution in [0.3, 0.4) is 0 Å². The fraction of sp³-hybridized carbons (Fsp3) is 0.588. The van der Waals surface area contributed by atoms with E-state index in [1.54, 1.807) is 148 Å². The molecule has 36 heteroatoms. The van der Waals surface area contributed by atoms with E-state index in [4.69, 9.17) is 19.9 Å². The molecule has 0 aliphatic heterocycles. The summed E-state index contributed by atoms with van der Waals surface area (Å²) in [6, 6.07) is 6.80. The highest BCUT2D eigenvalue weighted by atomic mass is 16.6. The number of nitrogens with one attached hydrogen (secondary N) is 13. The summed E-state index contributed by atoms with van der Waals surface area (Å²) in [5.41, 5.74) is 4.34. The molecule has 1 unspecified atom stereocenters. The van der Waals surface area contributed by atoms with Crippen LogP contribution in [0.25, 0.3) is 0 Å². The molecular formula is C80H122N14O22. The normalized spacial score (nSPS) is 15.2. The zero-order chi connectivity index (χ0) is 87.5. The number of carbonyl (C=O) groups excluding carboxylic acids is 14. The molecule has 0 radical (unpaired) electrons. The van der Waals surface area contributed by atoms with Crippen LogP contribution in [0.2, 0.25) is 0 Å². The number of hydrogen-bond donors (Lipinski definition) is 18. The van der Waals surface area contributed by atoms with Crippen LogP contribution >= 0.6 is 0 Å². The minimum atomic E-state index is -2.00. The van der Waals surface area contributed by atoms with Crippen molar-refractivity contribution in [1.29, 1.82) is 0 Å². The van der Waals surface area contributed by atoms with Gasteiger partial charge >= 0.3 is 24.2 Å². The third kappa shape index (κ3) is 37.1. The van der Waals surface area contributed by atoms with E-state index in [-0.39, 0.29) is 63.8 Å². The quantitative estimate of drug-likeness (QED) is 0.0284. The van der Waals surface area contributed by atoms with Crippen molar-refractivity contribution in [2.45, 2.75) is 253 Å². The molecule has 0 fully saturated rings. The Bertz CT molecular complexity index is 3760. The van der Waals surface area contributed by atoms with Crippen molar-refractivity contribution in [2.24, 2.45) is 34.3 Å². The van der Waals surface area contributed by atoms with Gasteiger partial charge in [0.15, 0.2) is 0 Å². The van der Waals surface area contributed by atoms with Crippen LogP contribution in [-0.4, -0.2) is 208 Å². The van der Waals surface area contributed by atoms with E-state index in [0.717, 1.165) is 6.92 Å². The summed E-state index contributed by atoms with van der Waals surface area (Å²) in [6.45, 7) is 24.0. The molecule has 0 aromatic heterocycles. The van der Waals surface area contributed by atoms with Gasteiger partial charge < -0.3 is 109 Å². The molecule has 0 aliphatic rings. The second-order valence-corrected chi connectivity index (χ2v) is 32.7. The number of carboxylic acid groups (broad SMARTS) is 1. The molecule has 14 amide bonds. The van der Waals surface area contributed by atoms with E-state index >= 15 is 19.2 Å². The second-order valence-electron chi connectivity index (χ2n) is 32.7. The van der Waals surface area contributed by atoms with Gasteiger partial charge in [0.05, 0.1) is 37.8 Å². The van der Waals surface area contributed by atoms with Gasteiger partial charge in [0.1, 0.15) is 79.2 Å². The van der Waals surface area contributed by atoms with Crippen molar-refractivity contribution in [2.75, 3.05) is 19.7 Å². The predicted octanol–water partition coefficient (Wildman–Crippen LogP) is 2.05. The Morgan fingerprint density at radius 2 is 0.897 bits per heavy atom. The lowest BCUT2D eigenvalue weighted by Crippen LogP contribution is -2.64. The average Bonchev–Trinajstić information content (AvgIpc) is 0.814. The molecule has 0 bridgehead atoms. The van der Waals surface area contributed by atoms with E-state index in [1.165, 1.54) is 26.0 Å². The Morgan fingerprint density at radius 3 is 1.39 bits per heavy atom. The van der Waals surface area contributed by atoms with Gasteiger partial charge in [-0.2, -0.15) is 0 Å². The van der Waals surface area contributed by atoms with Crippen LogP contribution < -0.4 is 74.9 Å². The molecule has 116 heavy (non-hydrogen) atoms. The molecule has 644 valence electrons. The van der Waals surface area contributed by atoms with Crippen LogP contribution in [0.1, 0.15) is 178 Å². The molecule has 0 saturated carbocycles. The van der Waals surface area contributed by atoms with Crippen LogP contribution in [-0.2, 0) is 85.0 Å². The molecule has 0 spiro atoms. The third-order valence-electron chi connectivity index (χ3n) is 17.7. The van der Waals surface area contributed by atoms with Crippen molar-refractivity contribution in [1.82, 2.24) is 69.1 Å². The lowest BCUT2D eigenvalue weighted by molar-refractivity contribution is -0.143. The summed E-state index contributed by atoms with van der Waals surface area (Å²) in [6.07, 6.45) is -7.60. The monoisotopic (exact) mass is 1630 g/mol.